The molecule has 0 spiro atoms. The average Bonchev–Trinajstić information content (AvgIpc) is 3.55. The van der Waals surface area contributed by atoms with Gasteiger partial charge in [-0.15, -0.1) is 11.3 Å². The molecule has 0 saturated heterocycles. The molecule has 0 aliphatic heterocycles. The van der Waals surface area contributed by atoms with Gasteiger partial charge in [0.2, 0.25) is 5.91 Å². The highest BCUT2D eigenvalue weighted by atomic mass is 32.1. The monoisotopic (exact) mass is 529 g/mol. The van der Waals surface area contributed by atoms with E-state index in [-0.39, 0.29) is 18.9 Å². The molecule has 0 fully saturated rings. The Morgan fingerprint density at radius 2 is 1.82 bits per heavy atom. The maximum atomic E-state index is 13.3. The van der Waals surface area contributed by atoms with Gasteiger partial charge in [-0.2, -0.15) is 0 Å². The number of carbonyl (C=O) groups is 2. The predicted molar refractivity (Wildman–Crippen MR) is 143 cm³/mol. The first kappa shape index (κ1) is 25.4. The highest BCUT2D eigenvalue weighted by Crippen LogP contribution is 2.40. The summed E-state index contributed by atoms with van der Waals surface area (Å²) in [6.07, 6.45) is 4.06. The number of carboxylic acids is 1. The number of aromatic nitrogens is 2. The minimum Gasteiger partial charge on any atom is -0.496 e. The fourth-order valence-electron chi connectivity index (χ4n) is 4.83. The summed E-state index contributed by atoms with van der Waals surface area (Å²) in [5.41, 5.74) is 3.61. The van der Waals surface area contributed by atoms with E-state index < -0.39 is 11.4 Å². The third-order valence-electron chi connectivity index (χ3n) is 6.70. The second kappa shape index (κ2) is 11.0. The number of hydrogen-bond donors (Lipinski definition) is 2. The second-order valence-electron chi connectivity index (χ2n) is 9.29. The van der Waals surface area contributed by atoms with Crippen LogP contribution in [0.5, 0.6) is 11.5 Å². The molecule has 0 saturated carbocycles. The van der Waals surface area contributed by atoms with Gasteiger partial charge in [-0.25, -0.2) is 4.98 Å². The summed E-state index contributed by atoms with van der Waals surface area (Å²) in [5, 5.41) is 15.1. The lowest BCUT2D eigenvalue weighted by molar-refractivity contribution is -0.145. The number of carbonyl (C=O) groups excluding carboxylic acids is 1. The Kier molecular flexibility index (Phi) is 7.37. The lowest BCUT2D eigenvalue weighted by atomic mass is 9.80. The topological polar surface area (TPSA) is 111 Å². The zero-order chi connectivity index (χ0) is 26.5. The molecule has 9 heteroatoms. The van der Waals surface area contributed by atoms with Crippen LogP contribution in [0.2, 0.25) is 0 Å². The second-order valence-corrected chi connectivity index (χ2v) is 10.2. The van der Waals surface area contributed by atoms with E-state index in [1.807, 2.05) is 60.0 Å². The van der Waals surface area contributed by atoms with Gasteiger partial charge in [0, 0.05) is 29.4 Å². The van der Waals surface area contributed by atoms with Crippen molar-refractivity contribution in [3.8, 4) is 22.8 Å². The summed E-state index contributed by atoms with van der Waals surface area (Å²) >= 11 is 1.43. The molecular weight excluding hydrogens is 502 g/mol. The molecule has 0 unspecified atom stereocenters. The molecule has 2 heterocycles. The molecular formula is C29H27N3O5S. The van der Waals surface area contributed by atoms with E-state index in [2.05, 4.69) is 10.3 Å². The highest BCUT2D eigenvalue weighted by Gasteiger charge is 2.45. The Morgan fingerprint density at radius 1 is 1.08 bits per heavy atom. The maximum Gasteiger partial charge on any atom is 0.304 e. The van der Waals surface area contributed by atoms with Gasteiger partial charge >= 0.3 is 5.97 Å². The number of benzene rings is 2. The normalized spacial score (nSPS) is 13.5. The van der Waals surface area contributed by atoms with Gasteiger partial charge in [0.1, 0.15) is 23.1 Å². The third-order valence-corrected chi connectivity index (χ3v) is 7.55. The van der Waals surface area contributed by atoms with E-state index in [9.17, 15) is 14.7 Å². The van der Waals surface area contributed by atoms with E-state index in [4.69, 9.17) is 14.5 Å². The minimum atomic E-state index is -0.995. The molecule has 0 radical (unpaired) electrons. The molecule has 1 amide bonds. The van der Waals surface area contributed by atoms with Gasteiger partial charge in [-0.3, -0.25) is 14.6 Å². The summed E-state index contributed by atoms with van der Waals surface area (Å²) in [7, 11) is 1.60. The lowest BCUT2D eigenvalue weighted by Gasteiger charge is -2.25. The average molecular weight is 530 g/mol. The molecule has 2 N–H and O–H groups in total. The number of amides is 1. The molecule has 38 heavy (non-hydrogen) atoms. The molecule has 194 valence electrons. The summed E-state index contributed by atoms with van der Waals surface area (Å²) < 4.78 is 11.5. The zero-order valence-corrected chi connectivity index (χ0v) is 21.7. The van der Waals surface area contributed by atoms with Gasteiger partial charge in [-0.05, 0) is 53.8 Å². The number of fused-ring (bicyclic) bond motifs is 1. The van der Waals surface area contributed by atoms with Crippen LogP contribution in [0.15, 0.2) is 72.4 Å². The van der Waals surface area contributed by atoms with Crippen LogP contribution >= 0.6 is 11.3 Å². The fraction of sp³-hybridized carbons (Fsp3) is 0.241. The van der Waals surface area contributed by atoms with Crippen molar-refractivity contribution in [3.63, 3.8) is 0 Å². The van der Waals surface area contributed by atoms with Crippen molar-refractivity contribution in [2.75, 3.05) is 7.11 Å². The number of rotatable bonds is 10. The maximum absolute atomic E-state index is 13.3. The number of thiazole rings is 1. The summed E-state index contributed by atoms with van der Waals surface area (Å²) in [4.78, 5) is 33.6. The van der Waals surface area contributed by atoms with E-state index in [1.165, 1.54) is 11.3 Å². The molecule has 0 atom stereocenters. The Hall–Kier alpha value is -4.24. The number of methoxy groups -OCH3 is 1. The largest absolute Gasteiger partial charge is 0.496 e. The van der Waals surface area contributed by atoms with E-state index in [0.29, 0.717) is 30.9 Å². The quantitative estimate of drug-likeness (QED) is 0.307. The van der Waals surface area contributed by atoms with Crippen molar-refractivity contribution < 1.29 is 24.2 Å². The van der Waals surface area contributed by atoms with Crippen molar-refractivity contribution in [2.24, 2.45) is 5.41 Å². The summed E-state index contributed by atoms with van der Waals surface area (Å²) in [5.74, 6) is 0.0552. The Labute approximate surface area is 224 Å². The SMILES string of the molecule is COc1cc(OCc2ccncc2)ccc1-c1csc(CNC(=O)C2(CC(=O)O)Cc3ccccc3C2)n1. The molecule has 4 aromatic rings. The van der Waals surface area contributed by atoms with Crippen LogP contribution in [0.25, 0.3) is 11.3 Å². The van der Waals surface area contributed by atoms with E-state index >= 15 is 0 Å². The van der Waals surface area contributed by atoms with Crippen LogP contribution in [0, 0.1) is 5.41 Å². The van der Waals surface area contributed by atoms with Crippen LogP contribution in [0.3, 0.4) is 0 Å². The number of ether oxygens (including phenoxy) is 2. The Balaban J connectivity index is 1.25. The highest BCUT2D eigenvalue weighted by molar-refractivity contribution is 7.09. The van der Waals surface area contributed by atoms with Gasteiger partial charge < -0.3 is 19.9 Å². The fourth-order valence-corrected chi connectivity index (χ4v) is 5.56. The van der Waals surface area contributed by atoms with Crippen LogP contribution < -0.4 is 14.8 Å². The van der Waals surface area contributed by atoms with Crippen LogP contribution in [0.4, 0.5) is 0 Å². The smallest absolute Gasteiger partial charge is 0.304 e. The number of pyridine rings is 1. The molecule has 8 nitrogen and oxygen atoms in total. The molecule has 2 aromatic carbocycles. The molecule has 1 aliphatic carbocycles. The number of aliphatic carboxylic acids is 1. The first-order chi connectivity index (χ1) is 18.5. The van der Waals surface area contributed by atoms with Crippen molar-refractivity contribution >= 4 is 23.2 Å². The van der Waals surface area contributed by atoms with Crippen LogP contribution in [0.1, 0.15) is 28.1 Å². The standard InChI is InChI=1S/C29H27N3O5S/c1-36-25-12-22(37-17-19-8-10-30-11-9-19)6-7-23(25)24-18-38-26(32-24)16-31-28(35)29(15-27(33)34)13-20-4-2-3-5-21(20)14-29/h2-12,18H,13-17H2,1H3,(H,31,35)(H,33,34). The Bertz CT molecular complexity index is 1430. The molecule has 0 bridgehead atoms. The third kappa shape index (κ3) is 5.52. The number of nitrogens with one attached hydrogen (secondary N) is 1. The first-order valence-electron chi connectivity index (χ1n) is 12.2. The van der Waals surface area contributed by atoms with Crippen molar-refractivity contribution in [1.82, 2.24) is 15.3 Å². The number of nitrogens with zero attached hydrogens (tertiary/aromatic N) is 2. The lowest BCUT2D eigenvalue weighted by Crippen LogP contribution is -2.43. The van der Waals surface area contributed by atoms with Gasteiger partial charge in [0.25, 0.3) is 0 Å². The number of hydrogen-bond acceptors (Lipinski definition) is 7. The Morgan fingerprint density at radius 3 is 2.50 bits per heavy atom. The number of carboxylic acid groups (broad SMARTS) is 1. The summed E-state index contributed by atoms with van der Waals surface area (Å²) in [6.45, 7) is 0.636. The minimum absolute atomic E-state index is 0.219. The molecule has 5 rings (SSSR count). The molecule has 2 aromatic heterocycles. The van der Waals surface area contributed by atoms with Crippen molar-refractivity contribution in [2.45, 2.75) is 32.4 Å². The van der Waals surface area contributed by atoms with E-state index in [1.54, 1.807) is 19.5 Å². The van der Waals surface area contributed by atoms with Crippen LogP contribution in [-0.2, 0) is 35.6 Å². The predicted octanol–water partition coefficient (Wildman–Crippen LogP) is 4.67. The zero-order valence-electron chi connectivity index (χ0n) is 20.8. The first-order valence-corrected chi connectivity index (χ1v) is 13.1. The van der Waals surface area contributed by atoms with Gasteiger partial charge in [-0.1, -0.05) is 24.3 Å². The van der Waals surface area contributed by atoms with Crippen LogP contribution in [-0.4, -0.2) is 34.1 Å². The van der Waals surface area contributed by atoms with E-state index in [0.717, 1.165) is 33.0 Å². The van der Waals surface area contributed by atoms with Gasteiger partial charge in [0.15, 0.2) is 0 Å². The summed E-state index contributed by atoms with van der Waals surface area (Å²) in [6, 6.07) is 17.1. The molecule has 1 aliphatic rings. The van der Waals surface area contributed by atoms with Crippen molar-refractivity contribution in [3.05, 3.63) is 94.1 Å². The van der Waals surface area contributed by atoms with Gasteiger partial charge in [0.05, 0.1) is 31.2 Å². The van der Waals surface area contributed by atoms with Crippen molar-refractivity contribution in [1.29, 1.82) is 0 Å².